The van der Waals surface area contributed by atoms with E-state index < -0.39 is 11.4 Å². The van der Waals surface area contributed by atoms with Gasteiger partial charge in [-0.2, -0.15) is 0 Å². The lowest BCUT2D eigenvalue weighted by Gasteiger charge is -2.19. The van der Waals surface area contributed by atoms with Crippen LogP contribution in [0.3, 0.4) is 0 Å². The van der Waals surface area contributed by atoms with Crippen molar-refractivity contribution in [2.24, 2.45) is 5.41 Å². The standard InChI is InChI=1S/C13H19NO2/c1-13(2,12(15)16)9-10-5-7-11(8-6-10)14(3)4/h5-8H,9H2,1-4H3,(H,15,16). The van der Waals surface area contributed by atoms with Crippen molar-refractivity contribution < 1.29 is 9.90 Å². The second-order valence-corrected chi connectivity index (χ2v) is 4.93. The van der Waals surface area contributed by atoms with Crippen LogP contribution >= 0.6 is 0 Å². The second-order valence-electron chi connectivity index (χ2n) is 4.93. The monoisotopic (exact) mass is 221 g/mol. The summed E-state index contributed by atoms with van der Waals surface area (Å²) in [5, 5.41) is 9.04. The summed E-state index contributed by atoms with van der Waals surface area (Å²) >= 11 is 0. The zero-order chi connectivity index (χ0) is 12.3. The van der Waals surface area contributed by atoms with Crippen LogP contribution in [0.15, 0.2) is 24.3 Å². The average molecular weight is 221 g/mol. The fraction of sp³-hybridized carbons (Fsp3) is 0.462. The number of carboxylic acids is 1. The van der Waals surface area contributed by atoms with E-state index in [2.05, 4.69) is 0 Å². The molecule has 0 bridgehead atoms. The SMILES string of the molecule is CN(C)c1ccc(CC(C)(C)C(=O)O)cc1. The number of hydrogen-bond acceptors (Lipinski definition) is 2. The average Bonchev–Trinajstić information content (AvgIpc) is 2.17. The Morgan fingerprint density at radius 3 is 2.12 bits per heavy atom. The van der Waals surface area contributed by atoms with E-state index in [1.165, 1.54) is 0 Å². The molecule has 0 saturated carbocycles. The van der Waals surface area contributed by atoms with Crippen molar-refractivity contribution >= 4 is 11.7 Å². The minimum atomic E-state index is -0.760. The minimum Gasteiger partial charge on any atom is -0.481 e. The summed E-state index contributed by atoms with van der Waals surface area (Å²) < 4.78 is 0. The van der Waals surface area contributed by atoms with Crippen molar-refractivity contribution in [3.8, 4) is 0 Å². The Kier molecular flexibility index (Phi) is 3.58. The normalized spacial score (nSPS) is 11.2. The van der Waals surface area contributed by atoms with Crippen LogP contribution in [0.1, 0.15) is 19.4 Å². The summed E-state index contributed by atoms with van der Waals surface area (Å²) in [5.74, 6) is -0.760. The van der Waals surface area contributed by atoms with E-state index in [4.69, 9.17) is 5.11 Å². The molecule has 1 aromatic carbocycles. The van der Waals surface area contributed by atoms with Crippen molar-refractivity contribution in [1.29, 1.82) is 0 Å². The molecule has 1 aromatic rings. The molecular weight excluding hydrogens is 202 g/mol. The number of rotatable bonds is 4. The van der Waals surface area contributed by atoms with E-state index in [0.29, 0.717) is 6.42 Å². The van der Waals surface area contributed by atoms with E-state index >= 15 is 0 Å². The first-order valence-corrected chi connectivity index (χ1v) is 5.32. The van der Waals surface area contributed by atoms with Gasteiger partial charge in [-0.1, -0.05) is 12.1 Å². The van der Waals surface area contributed by atoms with Crippen LogP contribution < -0.4 is 4.90 Å². The molecule has 0 amide bonds. The summed E-state index contributed by atoms with van der Waals surface area (Å²) in [6.07, 6.45) is 0.552. The van der Waals surface area contributed by atoms with E-state index in [-0.39, 0.29) is 0 Å². The Morgan fingerprint density at radius 2 is 1.75 bits per heavy atom. The lowest BCUT2D eigenvalue weighted by Crippen LogP contribution is -2.26. The molecule has 0 heterocycles. The van der Waals surface area contributed by atoms with E-state index in [1.54, 1.807) is 13.8 Å². The van der Waals surface area contributed by atoms with Crippen molar-refractivity contribution in [2.45, 2.75) is 20.3 Å². The van der Waals surface area contributed by atoms with Gasteiger partial charge in [-0.15, -0.1) is 0 Å². The largest absolute Gasteiger partial charge is 0.481 e. The summed E-state index contributed by atoms with van der Waals surface area (Å²) in [6, 6.07) is 7.99. The lowest BCUT2D eigenvalue weighted by atomic mass is 9.86. The molecule has 0 aliphatic carbocycles. The highest BCUT2D eigenvalue weighted by Crippen LogP contribution is 2.23. The van der Waals surface area contributed by atoms with Crippen LogP contribution in [0.4, 0.5) is 5.69 Å². The maximum absolute atomic E-state index is 11.0. The number of carbonyl (C=O) groups is 1. The molecule has 3 nitrogen and oxygen atoms in total. The van der Waals surface area contributed by atoms with Gasteiger partial charge in [0.05, 0.1) is 5.41 Å². The van der Waals surface area contributed by atoms with Gasteiger partial charge in [-0.3, -0.25) is 4.79 Å². The van der Waals surface area contributed by atoms with Crippen molar-refractivity contribution in [2.75, 3.05) is 19.0 Å². The van der Waals surface area contributed by atoms with Gasteiger partial charge in [0.15, 0.2) is 0 Å². The zero-order valence-corrected chi connectivity index (χ0v) is 10.3. The van der Waals surface area contributed by atoms with Crippen LogP contribution in [-0.2, 0) is 11.2 Å². The maximum Gasteiger partial charge on any atom is 0.309 e. The molecule has 16 heavy (non-hydrogen) atoms. The Balaban J connectivity index is 2.80. The molecule has 0 aromatic heterocycles. The summed E-state index contributed by atoms with van der Waals surface area (Å²) in [5.41, 5.74) is 1.47. The molecule has 1 rings (SSSR count). The molecule has 0 aliphatic heterocycles. The number of anilines is 1. The molecule has 0 aliphatic rings. The Morgan fingerprint density at radius 1 is 1.25 bits per heavy atom. The van der Waals surface area contributed by atoms with E-state index in [0.717, 1.165) is 11.3 Å². The molecule has 0 fully saturated rings. The molecule has 1 N–H and O–H groups in total. The van der Waals surface area contributed by atoms with Crippen molar-refractivity contribution in [3.63, 3.8) is 0 Å². The molecule has 3 heteroatoms. The second kappa shape index (κ2) is 4.56. The van der Waals surface area contributed by atoms with Crippen LogP contribution in [0.5, 0.6) is 0 Å². The summed E-state index contributed by atoms with van der Waals surface area (Å²) in [6.45, 7) is 3.49. The first kappa shape index (κ1) is 12.6. The number of hydrogen-bond donors (Lipinski definition) is 1. The fourth-order valence-electron chi connectivity index (χ4n) is 1.50. The number of benzene rings is 1. The maximum atomic E-state index is 11.0. The van der Waals surface area contributed by atoms with Crippen LogP contribution in [0.2, 0.25) is 0 Å². The predicted octanol–water partition coefficient (Wildman–Crippen LogP) is 2.41. The van der Waals surface area contributed by atoms with Crippen molar-refractivity contribution in [1.82, 2.24) is 0 Å². The molecular formula is C13H19NO2. The van der Waals surface area contributed by atoms with Gasteiger partial charge in [-0.05, 0) is 38.0 Å². The minimum absolute atomic E-state index is 0.552. The van der Waals surface area contributed by atoms with Gasteiger partial charge in [0.1, 0.15) is 0 Å². The third-order valence-electron chi connectivity index (χ3n) is 2.68. The first-order valence-electron chi connectivity index (χ1n) is 5.32. The third kappa shape index (κ3) is 2.99. The van der Waals surface area contributed by atoms with Crippen molar-refractivity contribution in [3.05, 3.63) is 29.8 Å². The number of aliphatic carboxylic acids is 1. The highest BCUT2D eigenvalue weighted by molar-refractivity contribution is 5.74. The molecule has 0 radical (unpaired) electrons. The molecule has 0 spiro atoms. The number of nitrogens with zero attached hydrogens (tertiary/aromatic N) is 1. The Labute approximate surface area is 96.7 Å². The van der Waals surface area contributed by atoms with Gasteiger partial charge in [0, 0.05) is 19.8 Å². The Hall–Kier alpha value is -1.51. The topological polar surface area (TPSA) is 40.5 Å². The van der Waals surface area contributed by atoms with Gasteiger partial charge < -0.3 is 10.0 Å². The molecule has 0 atom stereocenters. The predicted molar refractivity (Wildman–Crippen MR) is 65.9 cm³/mol. The highest BCUT2D eigenvalue weighted by Gasteiger charge is 2.27. The zero-order valence-electron chi connectivity index (χ0n) is 10.3. The van der Waals surface area contributed by atoms with Gasteiger partial charge in [0.25, 0.3) is 0 Å². The summed E-state index contributed by atoms with van der Waals surface area (Å²) in [7, 11) is 3.96. The van der Waals surface area contributed by atoms with Crippen LogP contribution in [0, 0.1) is 5.41 Å². The quantitative estimate of drug-likeness (QED) is 0.848. The lowest BCUT2D eigenvalue weighted by molar-refractivity contribution is -0.146. The number of carboxylic acid groups (broad SMARTS) is 1. The molecule has 88 valence electrons. The smallest absolute Gasteiger partial charge is 0.309 e. The van der Waals surface area contributed by atoms with Crippen LogP contribution in [0.25, 0.3) is 0 Å². The van der Waals surface area contributed by atoms with Gasteiger partial charge >= 0.3 is 5.97 Å². The highest BCUT2D eigenvalue weighted by atomic mass is 16.4. The van der Waals surface area contributed by atoms with Gasteiger partial charge in [-0.25, -0.2) is 0 Å². The third-order valence-corrected chi connectivity index (χ3v) is 2.68. The van der Waals surface area contributed by atoms with Crippen LogP contribution in [-0.4, -0.2) is 25.2 Å². The first-order chi connectivity index (χ1) is 7.33. The van der Waals surface area contributed by atoms with E-state index in [9.17, 15) is 4.79 Å². The summed E-state index contributed by atoms with van der Waals surface area (Å²) in [4.78, 5) is 13.0. The fourth-order valence-corrected chi connectivity index (χ4v) is 1.50. The Bertz CT molecular complexity index is 366. The van der Waals surface area contributed by atoms with E-state index in [1.807, 2.05) is 43.3 Å². The molecule has 0 unspecified atom stereocenters. The van der Waals surface area contributed by atoms with Gasteiger partial charge in [0.2, 0.25) is 0 Å². The molecule has 0 saturated heterocycles.